The van der Waals surface area contributed by atoms with Crippen molar-refractivity contribution >= 4 is 23.2 Å². The van der Waals surface area contributed by atoms with Crippen molar-refractivity contribution in [3.63, 3.8) is 0 Å². The average Bonchev–Trinajstić information content (AvgIpc) is 3.14. The molecule has 0 radical (unpaired) electrons. The van der Waals surface area contributed by atoms with E-state index in [4.69, 9.17) is 0 Å². The van der Waals surface area contributed by atoms with Crippen LogP contribution in [0.4, 0.5) is 0 Å². The number of hydrogen-bond acceptors (Lipinski definition) is 3. The van der Waals surface area contributed by atoms with Crippen LogP contribution < -0.4 is 5.32 Å². The molecule has 1 aromatic heterocycles. The number of thiophene rings is 1. The standard InChI is InChI=1S/C19H28N2O2S/c22-18(9-8-17-7-4-14-24-17)20-16-10-12-21(13-11-16)19(23)15-5-2-1-3-6-15/h4,7,14-16H,1-3,5-6,8-13H2,(H,20,22). The van der Waals surface area contributed by atoms with Crippen molar-refractivity contribution in [2.45, 2.75) is 63.8 Å². The Labute approximate surface area is 148 Å². The lowest BCUT2D eigenvalue weighted by atomic mass is 9.87. The molecule has 1 aliphatic heterocycles. The summed E-state index contributed by atoms with van der Waals surface area (Å²) < 4.78 is 0. The molecule has 1 N–H and O–H groups in total. The van der Waals surface area contributed by atoms with Gasteiger partial charge < -0.3 is 10.2 Å². The Morgan fingerprint density at radius 3 is 2.54 bits per heavy atom. The Morgan fingerprint density at radius 2 is 1.88 bits per heavy atom. The van der Waals surface area contributed by atoms with Gasteiger partial charge in [0.15, 0.2) is 0 Å². The molecule has 2 fully saturated rings. The van der Waals surface area contributed by atoms with Gasteiger partial charge in [-0.3, -0.25) is 9.59 Å². The van der Waals surface area contributed by atoms with Crippen LogP contribution in [0.15, 0.2) is 17.5 Å². The first-order valence-electron chi connectivity index (χ1n) is 9.33. The highest BCUT2D eigenvalue weighted by atomic mass is 32.1. The summed E-state index contributed by atoms with van der Waals surface area (Å²) in [6.45, 7) is 1.59. The van der Waals surface area contributed by atoms with Gasteiger partial charge in [-0.25, -0.2) is 0 Å². The summed E-state index contributed by atoms with van der Waals surface area (Å²) in [6.07, 6.45) is 8.98. The SMILES string of the molecule is O=C(CCc1cccs1)NC1CCN(C(=O)C2CCCCC2)CC1. The van der Waals surface area contributed by atoms with Gasteiger partial charge in [0.05, 0.1) is 0 Å². The lowest BCUT2D eigenvalue weighted by Crippen LogP contribution is -2.48. The number of nitrogens with zero attached hydrogens (tertiary/aromatic N) is 1. The lowest BCUT2D eigenvalue weighted by molar-refractivity contribution is -0.137. The van der Waals surface area contributed by atoms with E-state index in [1.54, 1.807) is 11.3 Å². The third-order valence-electron chi connectivity index (χ3n) is 5.30. The van der Waals surface area contributed by atoms with Crippen molar-refractivity contribution in [3.8, 4) is 0 Å². The van der Waals surface area contributed by atoms with E-state index in [0.29, 0.717) is 12.3 Å². The number of piperidine rings is 1. The predicted octanol–water partition coefficient (Wildman–Crippen LogP) is 3.37. The molecule has 24 heavy (non-hydrogen) atoms. The maximum absolute atomic E-state index is 12.6. The van der Waals surface area contributed by atoms with Crippen LogP contribution in [0.3, 0.4) is 0 Å². The monoisotopic (exact) mass is 348 g/mol. The fraction of sp³-hybridized carbons (Fsp3) is 0.684. The molecule has 0 unspecified atom stereocenters. The normalized spacial score (nSPS) is 20.1. The number of amides is 2. The smallest absolute Gasteiger partial charge is 0.225 e. The minimum Gasteiger partial charge on any atom is -0.353 e. The minimum atomic E-state index is 0.139. The zero-order valence-electron chi connectivity index (χ0n) is 14.3. The molecule has 2 amide bonds. The molecule has 1 aromatic rings. The van der Waals surface area contributed by atoms with Crippen LogP contribution in [-0.4, -0.2) is 35.8 Å². The van der Waals surface area contributed by atoms with Crippen LogP contribution in [0.1, 0.15) is 56.2 Å². The van der Waals surface area contributed by atoms with E-state index in [-0.39, 0.29) is 17.9 Å². The maximum atomic E-state index is 12.6. The van der Waals surface area contributed by atoms with Gasteiger partial charge >= 0.3 is 0 Å². The Morgan fingerprint density at radius 1 is 1.12 bits per heavy atom. The van der Waals surface area contributed by atoms with Crippen LogP contribution >= 0.6 is 11.3 Å². The maximum Gasteiger partial charge on any atom is 0.225 e. The molecule has 1 saturated carbocycles. The lowest BCUT2D eigenvalue weighted by Gasteiger charge is -2.35. The Bertz CT molecular complexity index is 530. The molecule has 4 nitrogen and oxygen atoms in total. The summed E-state index contributed by atoms with van der Waals surface area (Å²) in [5.41, 5.74) is 0. The summed E-state index contributed by atoms with van der Waals surface area (Å²) >= 11 is 1.70. The van der Waals surface area contributed by atoms with Crippen molar-refractivity contribution in [2.75, 3.05) is 13.1 Å². The molecular formula is C19H28N2O2S. The molecule has 0 aromatic carbocycles. The molecule has 0 bridgehead atoms. The highest BCUT2D eigenvalue weighted by Gasteiger charge is 2.29. The molecule has 3 rings (SSSR count). The van der Waals surface area contributed by atoms with E-state index in [1.165, 1.54) is 24.1 Å². The summed E-state index contributed by atoms with van der Waals surface area (Å²) in [4.78, 5) is 27.9. The van der Waals surface area contributed by atoms with Crippen LogP contribution in [-0.2, 0) is 16.0 Å². The molecule has 132 valence electrons. The summed E-state index contributed by atoms with van der Waals surface area (Å²) in [6, 6.07) is 4.33. The van der Waals surface area contributed by atoms with Gasteiger partial charge in [0.2, 0.25) is 11.8 Å². The van der Waals surface area contributed by atoms with Gasteiger partial charge in [-0.05, 0) is 43.6 Å². The molecule has 2 heterocycles. The van der Waals surface area contributed by atoms with Crippen molar-refractivity contribution in [3.05, 3.63) is 22.4 Å². The summed E-state index contributed by atoms with van der Waals surface area (Å²) in [5, 5.41) is 5.20. The van der Waals surface area contributed by atoms with E-state index in [1.807, 2.05) is 16.3 Å². The third-order valence-corrected chi connectivity index (χ3v) is 6.24. The van der Waals surface area contributed by atoms with Gasteiger partial charge in [0.25, 0.3) is 0 Å². The van der Waals surface area contributed by atoms with Gasteiger partial charge in [0, 0.05) is 36.3 Å². The Kier molecular flexibility index (Phi) is 6.30. The largest absolute Gasteiger partial charge is 0.353 e. The van der Waals surface area contributed by atoms with Crippen molar-refractivity contribution in [1.29, 1.82) is 0 Å². The first-order chi connectivity index (χ1) is 11.7. The van der Waals surface area contributed by atoms with Crippen molar-refractivity contribution in [2.24, 2.45) is 5.92 Å². The van der Waals surface area contributed by atoms with Crippen molar-refractivity contribution < 1.29 is 9.59 Å². The van der Waals surface area contributed by atoms with Gasteiger partial charge in [-0.2, -0.15) is 0 Å². The van der Waals surface area contributed by atoms with Crippen LogP contribution in [0.2, 0.25) is 0 Å². The third kappa shape index (κ3) is 4.82. The second-order valence-corrected chi connectivity index (χ2v) is 8.11. The molecule has 0 spiro atoms. The first-order valence-corrected chi connectivity index (χ1v) is 10.2. The quantitative estimate of drug-likeness (QED) is 0.887. The molecule has 1 saturated heterocycles. The number of carbonyl (C=O) groups is 2. The number of carbonyl (C=O) groups excluding carboxylic acids is 2. The number of likely N-dealkylation sites (tertiary alicyclic amines) is 1. The molecule has 1 aliphatic carbocycles. The van der Waals surface area contributed by atoms with E-state index in [9.17, 15) is 9.59 Å². The highest BCUT2D eigenvalue weighted by Crippen LogP contribution is 2.26. The van der Waals surface area contributed by atoms with Gasteiger partial charge in [-0.15, -0.1) is 11.3 Å². The van der Waals surface area contributed by atoms with Crippen molar-refractivity contribution in [1.82, 2.24) is 10.2 Å². The minimum absolute atomic E-state index is 0.139. The zero-order chi connectivity index (χ0) is 16.8. The van der Waals surface area contributed by atoms with E-state index in [2.05, 4.69) is 11.4 Å². The number of nitrogens with one attached hydrogen (secondary N) is 1. The molecule has 5 heteroatoms. The Hall–Kier alpha value is -1.36. The number of hydrogen-bond donors (Lipinski definition) is 1. The average molecular weight is 349 g/mol. The highest BCUT2D eigenvalue weighted by molar-refractivity contribution is 7.09. The Balaban J connectivity index is 1.36. The van der Waals surface area contributed by atoms with Gasteiger partial charge in [0.1, 0.15) is 0 Å². The molecule has 0 atom stereocenters. The van der Waals surface area contributed by atoms with Gasteiger partial charge in [-0.1, -0.05) is 25.3 Å². The topological polar surface area (TPSA) is 49.4 Å². The number of rotatable bonds is 5. The molecule has 2 aliphatic rings. The molecular weight excluding hydrogens is 320 g/mol. The predicted molar refractivity (Wildman–Crippen MR) is 97.0 cm³/mol. The first kappa shape index (κ1) is 17.5. The van der Waals surface area contributed by atoms with Crippen LogP contribution in [0.25, 0.3) is 0 Å². The fourth-order valence-corrected chi connectivity index (χ4v) is 4.55. The summed E-state index contributed by atoms with van der Waals surface area (Å²) in [7, 11) is 0. The van der Waals surface area contributed by atoms with Crippen LogP contribution in [0.5, 0.6) is 0 Å². The van der Waals surface area contributed by atoms with E-state index >= 15 is 0 Å². The fourth-order valence-electron chi connectivity index (χ4n) is 3.84. The second kappa shape index (κ2) is 8.65. The second-order valence-electron chi connectivity index (χ2n) is 7.08. The zero-order valence-corrected chi connectivity index (χ0v) is 15.2. The van der Waals surface area contributed by atoms with E-state index in [0.717, 1.165) is 45.2 Å². The number of aryl methyl sites for hydroxylation is 1. The van der Waals surface area contributed by atoms with Crippen LogP contribution in [0, 0.1) is 5.92 Å². The van der Waals surface area contributed by atoms with E-state index < -0.39 is 0 Å². The summed E-state index contributed by atoms with van der Waals surface area (Å²) in [5.74, 6) is 0.758.